The molecular formula is C10H13N3O4S. The molecule has 0 saturated carbocycles. The lowest BCUT2D eigenvalue weighted by Gasteiger charge is -2.20. The molecule has 0 aliphatic carbocycles. The predicted octanol–water partition coefficient (Wildman–Crippen LogP) is -0.686. The van der Waals surface area contributed by atoms with Crippen molar-refractivity contribution in [1.29, 1.82) is 0 Å². The van der Waals surface area contributed by atoms with Crippen molar-refractivity contribution in [3.05, 3.63) is 11.1 Å². The molecule has 4 N–H and O–H groups in total. The van der Waals surface area contributed by atoms with E-state index in [4.69, 9.17) is 10.8 Å². The lowest BCUT2D eigenvalue weighted by Crippen LogP contribution is -2.41. The summed E-state index contributed by atoms with van der Waals surface area (Å²) in [5, 5.41) is 20.5. The summed E-state index contributed by atoms with van der Waals surface area (Å²) in [4.78, 5) is 28.1. The van der Waals surface area contributed by atoms with Crippen molar-refractivity contribution in [2.24, 2.45) is 0 Å². The number of thiazole rings is 1. The fraction of sp³-hybridized carbons (Fsp3) is 0.500. The number of likely N-dealkylation sites (tertiary alicyclic amines) is 1. The molecule has 1 aromatic rings. The van der Waals surface area contributed by atoms with Gasteiger partial charge in [-0.15, -0.1) is 11.3 Å². The van der Waals surface area contributed by atoms with Crippen LogP contribution in [0.5, 0.6) is 0 Å². The van der Waals surface area contributed by atoms with Crippen LogP contribution >= 0.6 is 11.3 Å². The van der Waals surface area contributed by atoms with Gasteiger partial charge >= 0.3 is 5.97 Å². The number of carboxylic acid groups (broad SMARTS) is 1. The van der Waals surface area contributed by atoms with Crippen molar-refractivity contribution in [2.75, 3.05) is 12.3 Å². The van der Waals surface area contributed by atoms with Crippen molar-refractivity contribution in [2.45, 2.75) is 25.0 Å². The molecule has 2 rings (SSSR count). The first kappa shape index (κ1) is 12.8. The van der Waals surface area contributed by atoms with Crippen LogP contribution in [0.25, 0.3) is 0 Å². The number of aromatic nitrogens is 1. The molecule has 1 fully saturated rings. The Morgan fingerprint density at radius 3 is 2.89 bits per heavy atom. The second-order valence-electron chi connectivity index (χ2n) is 4.14. The molecule has 7 nitrogen and oxygen atoms in total. The Morgan fingerprint density at radius 1 is 1.61 bits per heavy atom. The molecule has 0 radical (unpaired) electrons. The van der Waals surface area contributed by atoms with Crippen molar-refractivity contribution >= 4 is 28.3 Å². The van der Waals surface area contributed by atoms with E-state index in [1.165, 1.54) is 16.2 Å². The highest BCUT2D eigenvalue weighted by atomic mass is 32.1. The number of carboxylic acids is 1. The number of amides is 1. The van der Waals surface area contributed by atoms with Gasteiger partial charge in [-0.25, -0.2) is 9.78 Å². The van der Waals surface area contributed by atoms with Gasteiger partial charge in [0.05, 0.1) is 18.2 Å². The van der Waals surface area contributed by atoms with Crippen LogP contribution in [0.4, 0.5) is 5.13 Å². The summed E-state index contributed by atoms with van der Waals surface area (Å²) < 4.78 is 0. The van der Waals surface area contributed by atoms with Crippen molar-refractivity contribution in [1.82, 2.24) is 9.88 Å². The zero-order valence-electron chi connectivity index (χ0n) is 9.44. The topological polar surface area (TPSA) is 117 Å². The lowest BCUT2D eigenvalue weighted by atomic mass is 10.2. The quantitative estimate of drug-likeness (QED) is 0.670. The van der Waals surface area contributed by atoms with Gasteiger partial charge in [-0.1, -0.05) is 0 Å². The summed E-state index contributed by atoms with van der Waals surface area (Å²) in [6, 6.07) is -0.955. The Labute approximate surface area is 107 Å². The van der Waals surface area contributed by atoms with Gasteiger partial charge in [-0.3, -0.25) is 4.79 Å². The summed E-state index contributed by atoms with van der Waals surface area (Å²) in [5.41, 5.74) is 5.98. The zero-order valence-corrected chi connectivity index (χ0v) is 10.3. The number of rotatable bonds is 3. The maximum absolute atomic E-state index is 12.0. The Bertz CT molecular complexity index is 475. The number of anilines is 1. The van der Waals surface area contributed by atoms with E-state index in [2.05, 4.69) is 4.98 Å². The molecule has 1 saturated heterocycles. The Morgan fingerprint density at radius 2 is 2.33 bits per heavy atom. The van der Waals surface area contributed by atoms with Gasteiger partial charge in [0.25, 0.3) is 0 Å². The van der Waals surface area contributed by atoms with Gasteiger partial charge in [-0.05, 0) is 0 Å². The van der Waals surface area contributed by atoms with Crippen LogP contribution in [0.2, 0.25) is 0 Å². The number of nitrogens with zero attached hydrogens (tertiary/aromatic N) is 2. The van der Waals surface area contributed by atoms with Gasteiger partial charge in [0.2, 0.25) is 5.91 Å². The van der Waals surface area contributed by atoms with Crippen molar-refractivity contribution < 1.29 is 19.8 Å². The van der Waals surface area contributed by atoms with E-state index in [1.54, 1.807) is 5.38 Å². The van der Waals surface area contributed by atoms with Crippen LogP contribution in [-0.2, 0) is 16.0 Å². The maximum atomic E-state index is 12.0. The van der Waals surface area contributed by atoms with E-state index in [-0.39, 0.29) is 25.3 Å². The van der Waals surface area contributed by atoms with Gasteiger partial charge < -0.3 is 20.8 Å². The first-order chi connectivity index (χ1) is 8.47. The Kier molecular flexibility index (Phi) is 3.48. The number of aliphatic hydroxyl groups excluding tert-OH is 1. The molecule has 1 amide bonds. The second-order valence-corrected chi connectivity index (χ2v) is 5.03. The fourth-order valence-electron chi connectivity index (χ4n) is 1.98. The molecule has 0 unspecified atom stereocenters. The molecule has 0 bridgehead atoms. The summed E-state index contributed by atoms with van der Waals surface area (Å²) in [6.45, 7) is 0.0510. The molecule has 1 aliphatic heterocycles. The smallest absolute Gasteiger partial charge is 0.326 e. The van der Waals surface area contributed by atoms with Crippen LogP contribution in [0.3, 0.4) is 0 Å². The van der Waals surface area contributed by atoms with Crippen molar-refractivity contribution in [3.8, 4) is 0 Å². The zero-order chi connectivity index (χ0) is 13.3. The first-order valence-corrected chi connectivity index (χ1v) is 6.25. The molecule has 2 heterocycles. The van der Waals surface area contributed by atoms with Gasteiger partial charge in [-0.2, -0.15) is 0 Å². The molecule has 98 valence electrons. The van der Waals surface area contributed by atoms with Crippen LogP contribution < -0.4 is 5.73 Å². The van der Waals surface area contributed by atoms with E-state index in [1.807, 2.05) is 0 Å². The summed E-state index contributed by atoms with van der Waals surface area (Å²) in [5.74, 6) is -1.46. The third-order valence-electron chi connectivity index (χ3n) is 2.79. The van der Waals surface area contributed by atoms with E-state index in [9.17, 15) is 14.7 Å². The molecule has 1 aliphatic rings. The number of nitrogen functional groups attached to an aromatic ring is 1. The van der Waals surface area contributed by atoms with Crippen LogP contribution in [0.1, 0.15) is 12.1 Å². The summed E-state index contributed by atoms with van der Waals surface area (Å²) in [7, 11) is 0. The molecule has 18 heavy (non-hydrogen) atoms. The van der Waals surface area contributed by atoms with E-state index in [0.29, 0.717) is 10.8 Å². The van der Waals surface area contributed by atoms with Gasteiger partial charge in [0.15, 0.2) is 5.13 Å². The average molecular weight is 271 g/mol. The minimum absolute atomic E-state index is 0.00417. The molecule has 8 heteroatoms. The number of nitrogens with two attached hydrogens (primary N) is 1. The third-order valence-corrected chi connectivity index (χ3v) is 3.51. The number of hydrogen-bond acceptors (Lipinski definition) is 6. The SMILES string of the molecule is Nc1nc(CC(=O)N2C[C@H](O)C[C@H]2C(=O)O)cs1. The first-order valence-electron chi connectivity index (χ1n) is 5.37. The second kappa shape index (κ2) is 4.91. The van der Waals surface area contributed by atoms with Crippen molar-refractivity contribution in [3.63, 3.8) is 0 Å². The van der Waals surface area contributed by atoms with Crippen LogP contribution in [0.15, 0.2) is 5.38 Å². The van der Waals surface area contributed by atoms with Gasteiger partial charge in [0.1, 0.15) is 6.04 Å². The highest BCUT2D eigenvalue weighted by Crippen LogP contribution is 2.20. The minimum atomic E-state index is -1.10. The van der Waals surface area contributed by atoms with E-state index in [0.717, 1.165) is 0 Å². The standard InChI is InChI=1S/C10H13N3O4S/c11-10-12-5(4-18-10)1-8(15)13-3-6(14)2-7(13)9(16)17/h4,6-7,14H,1-3H2,(H2,11,12)(H,16,17)/t6-,7+/m1/s1. The molecule has 0 spiro atoms. The number of aliphatic carboxylic acids is 1. The Balaban J connectivity index is 2.06. The number of carbonyl (C=O) groups excluding carboxylic acids is 1. The largest absolute Gasteiger partial charge is 0.480 e. The highest BCUT2D eigenvalue weighted by molar-refractivity contribution is 7.13. The number of aliphatic hydroxyl groups is 1. The number of hydrogen-bond donors (Lipinski definition) is 3. The predicted molar refractivity (Wildman–Crippen MR) is 64.0 cm³/mol. The monoisotopic (exact) mass is 271 g/mol. The summed E-state index contributed by atoms with van der Waals surface area (Å²) >= 11 is 1.23. The lowest BCUT2D eigenvalue weighted by molar-refractivity contribution is -0.148. The molecular weight excluding hydrogens is 258 g/mol. The number of carbonyl (C=O) groups is 2. The normalized spacial score (nSPS) is 23.3. The van der Waals surface area contributed by atoms with Crippen LogP contribution in [0, 0.1) is 0 Å². The highest BCUT2D eigenvalue weighted by Gasteiger charge is 2.38. The average Bonchev–Trinajstić information content (AvgIpc) is 2.85. The third kappa shape index (κ3) is 2.59. The molecule has 0 aromatic carbocycles. The maximum Gasteiger partial charge on any atom is 0.326 e. The summed E-state index contributed by atoms with van der Waals surface area (Å²) in [6.07, 6.45) is -0.708. The molecule has 1 aromatic heterocycles. The molecule has 2 atom stereocenters. The van der Waals surface area contributed by atoms with Gasteiger partial charge in [0, 0.05) is 18.3 Å². The van der Waals surface area contributed by atoms with Crippen LogP contribution in [-0.4, -0.2) is 50.7 Å². The van der Waals surface area contributed by atoms with E-state index < -0.39 is 18.1 Å². The number of β-amino-alcohol motifs (C(OH)–C–C–N with tert-alkyl or cyclic N) is 1. The minimum Gasteiger partial charge on any atom is -0.480 e. The fourth-order valence-corrected chi connectivity index (χ4v) is 2.55. The Hall–Kier alpha value is -1.67. The van der Waals surface area contributed by atoms with E-state index >= 15 is 0 Å².